The molecule has 0 saturated carbocycles. The number of rotatable bonds is 5. The number of nitrogens with zero attached hydrogens (tertiary/aromatic N) is 1. The molecule has 2 heterocycles. The third-order valence-corrected chi connectivity index (χ3v) is 4.11. The second-order valence-electron chi connectivity index (χ2n) is 6.07. The molecule has 6 heteroatoms. The summed E-state index contributed by atoms with van der Waals surface area (Å²) in [6.45, 7) is 8.14. The van der Waals surface area contributed by atoms with Gasteiger partial charge >= 0.3 is 0 Å². The number of ether oxygens (including phenoxy) is 1. The molecule has 0 spiro atoms. The topological polar surface area (TPSA) is 58.8 Å². The largest absolute Gasteiger partial charge is 0.488 e. The van der Waals surface area contributed by atoms with E-state index in [1.165, 1.54) is 5.56 Å². The standard InChI is InChI=1S/C19H25N3O2.HI/c1-4-20-19(21-11-16-9-13(2)23-14(16)3)22-12-17-10-15-7-5-6-8-18(15)24-17;/h5-9,17H,4,10-12H2,1-3H3,(H2,20,21,22);1H. The van der Waals surface area contributed by atoms with Gasteiger partial charge in [0, 0.05) is 18.5 Å². The van der Waals surface area contributed by atoms with Crippen LogP contribution in [0.3, 0.4) is 0 Å². The van der Waals surface area contributed by atoms with E-state index in [2.05, 4.69) is 34.7 Å². The molecule has 0 amide bonds. The summed E-state index contributed by atoms with van der Waals surface area (Å²) in [5, 5.41) is 6.65. The lowest BCUT2D eigenvalue weighted by atomic mass is 10.1. The van der Waals surface area contributed by atoms with Crippen molar-refractivity contribution < 1.29 is 9.15 Å². The normalized spacial score (nSPS) is 16.0. The van der Waals surface area contributed by atoms with Crippen molar-refractivity contribution >= 4 is 29.9 Å². The summed E-state index contributed by atoms with van der Waals surface area (Å²) in [5.41, 5.74) is 2.39. The molecule has 1 unspecified atom stereocenters. The first-order valence-corrected chi connectivity index (χ1v) is 8.48. The molecule has 136 valence electrons. The van der Waals surface area contributed by atoms with Gasteiger partial charge in [-0.1, -0.05) is 18.2 Å². The molecule has 0 radical (unpaired) electrons. The van der Waals surface area contributed by atoms with E-state index < -0.39 is 0 Å². The molecule has 3 rings (SSSR count). The Balaban J connectivity index is 0.00000225. The molecule has 0 bridgehead atoms. The fourth-order valence-electron chi connectivity index (χ4n) is 2.92. The number of nitrogens with one attached hydrogen (secondary N) is 2. The van der Waals surface area contributed by atoms with Crippen LogP contribution < -0.4 is 15.4 Å². The van der Waals surface area contributed by atoms with Crippen molar-refractivity contribution in [1.82, 2.24) is 10.6 Å². The Morgan fingerprint density at radius 3 is 2.72 bits per heavy atom. The summed E-state index contributed by atoms with van der Waals surface area (Å²) in [7, 11) is 0. The molecule has 1 aromatic heterocycles. The van der Waals surface area contributed by atoms with Crippen molar-refractivity contribution in [2.45, 2.75) is 39.8 Å². The zero-order valence-electron chi connectivity index (χ0n) is 15.0. The predicted molar refractivity (Wildman–Crippen MR) is 111 cm³/mol. The Bertz CT molecular complexity index is 702. The van der Waals surface area contributed by atoms with E-state index >= 15 is 0 Å². The highest BCUT2D eigenvalue weighted by molar-refractivity contribution is 14.0. The second-order valence-corrected chi connectivity index (χ2v) is 6.07. The Labute approximate surface area is 166 Å². The van der Waals surface area contributed by atoms with Gasteiger partial charge in [-0.2, -0.15) is 0 Å². The first-order chi connectivity index (χ1) is 11.7. The summed E-state index contributed by atoms with van der Waals surface area (Å²) in [6.07, 6.45) is 1.08. The first kappa shape index (κ1) is 19.6. The zero-order valence-corrected chi connectivity index (χ0v) is 17.3. The van der Waals surface area contributed by atoms with E-state index in [0.29, 0.717) is 6.54 Å². The molecule has 0 aliphatic carbocycles. The van der Waals surface area contributed by atoms with Crippen LogP contribution in [0.4, 0.5) is 0 Å². The van der Waals surface area contributed by atoms with Crippen LogP contribution in [0.5, 0.6) is 5.75 Å². The van der Waals surface area contributed by atoms with Crippen LogP contribution in [0.15, 0.2) is 39.7 Å². The number of aryl methyl sites for hydroxylation is 2. The third-order valence-electron chi connectivity index (χ3n) is 4.11. The predicted octanol–water partition coefficient (Wildman–Crippen LogP) is 3.57. The minimum atomic E-state index is 0. The maximum Gasteiger partial charge on any atom is 0.191 e. The molecule has 2 N–H and O–H groups in total. The zero-order chi connectivity index (χ0) is 16.9. The van der Waals surface area contributed by atoms with Gasteiger partial charge < -0.3 is 19.8 Å². The first-order valence-electron chi connectivity index (χ1n) is 8.48. The van der Waals surface area contributed by atoms with E-state index in [1.54, 1.807) is 0 Å². The molecule has 0 fully saturated rings. The average Bonchev–Trinajstić information content (AvgIpc) is 3.12. The van der Waals surface area contributed by atoms with Gasteiger partial charge in [0.1, 0.15) is 23.4 Å². The fourth-order valence-corrected chi connectivity index (χ4v) is 2.92. The Morgan fingerprint density at radius 2 is 2.04 bits per heavy atom. The number of furan rings is 1. The van der Waals surface area contributed by atoms with Crippen molar-refractivity contribution in [3.05, 3.63) is 53.0 Å². The molecular formula is C19H26IN3O2. The van der Waals surface area contributed by atoms with Crippen molar-refractivity contribution in [2.24, 2.45) is 4.99 Å². The number of aliphatic imine (C=N–C) groups is 1. The molecule has 5 nitrogen and oxygen atoms in total. The summed E-state index contributed by atoms with van der Waals surface area (Å²) in [6, 6.07) is 10.3. The lowest BCUT2D eigenvalue weighted by molar-refractivity contribution is 0.235. The lowest BCUT2D eigenvalue weighted by Crippen LogP contribution is -2.42. The highest BCUT2D eigenvalue weighted by Gasteiger charge is 2.22. The van der Waals surface area contributed by atoms with Crippen LogP contribution in [0.1, 0.15) is 29.6 Å². The number of hydrogen-bond acceptors (Lipinski definition) is 3. The van der Waals surface area contributed by atoms with Gasteiger partial charge in [-0.3, -0.25) is 0 Å². The van der Waals surface area contributed by atoms with Gasteiger partial charge in [-0.25, -0.2) is 4.99 Å². The molecular weight excluding hydrogens is 429 g/mol. The fraction of sp³-hybridized carbons (Fsp3) is 0.421. The van der Waals surface area contributed by atoms with E-state index in [4.69, 9.17) is 9.15 Å². The van der Waals surface area contributed by atoms with Gasteiger partial charge in [0.05, 0.1) is 13.1 Å². The van der Waals surface area contributed by atoms with E-state index in [-0.39, 0.29) is 30.1 Å². The van der Waals surface area contributed by atoms with Crippen LogP contribution >= 0.6 is 24.0 Å². The number of benzene rings is 1. The Morgan fingerprint density at radius 1 is 1.24 bits per heavy atom. The number of para-hydroxylation sites is 1. The van der Waals surface area contributed by atoms with Gasteiger partial charge in [-0.05, 0) is 38.5 Å². The number of guanidine groups is 1. The van der Waals surface area contributed by atoms with Crippen molar-refractivity contribution in [2.75, 3.05) is 13.1 Å². The smallest absolute Gasteiger partial charge is 0.191 e. The second kappa shape index (κ2) is 9.12. The maximum atomic E-state index is 5.96. The summed E-state index contributed by atoms with van der Waals surface area (Å²) in [4.78, 5) is 4.65. The minimum Gasteiger partial charge on any atom is -0.488 e. The van der Waals surface area contributed by atoms with Gasteiger partial charge in [0.15, 0.2) is 5.96 Å². The van der Waals surface area contributed by atoms with Crippen molar-refractivity contribution in [1.29, 1.82) is 0 Å². The van der Waals surface area contributed by atoms with Crippen molar-refractivity contribution in [3.63, 3.8) is 0 Å². The number of fused-ring (bicyclic) bond motifs is 1. The van der Waals surface area contributed by atoms with Gasteiger partial charge in [0.2, 0.25) is 0 Å². The molecule has 2 aromatic rings. The SMILES string of the molecule is CCNC(=NCc1cc(C)oc1C)NCC1Cc2ccccc2O1.I. The molecule has 25 heavy (non-hydrogen) atoms. The quantitative estimate of drug-likeness (QED) is 0.411. The Kier molecular flexibility index (Phi) is 7.16. The number of hydrogen-bond donors (Lipinski definition) is 2. The van der Waals surface area contributed by atoms with Crippen LogP contribution in [-0.2, 0) is 13.0 Å². The monoisotopic (exact) mass is 455 g/mol. The van der Waals surface area contributed by atoms with Crippen molar-refractivity contribution in [3.8, 4) is 5.75 Å². The van der Waals surface area contributed by atoms with Crippen LogP contribution in [-0.4, -0.2) is 25.2 Å². The third kappa shape index (κ3) is 5.14. The Hall–Kier alpha value is -1.70. The van der Waals surface area contributed by atoms with Crippen LogP contribution in [0.25, 0.3) is 0 Å². The van der Waals surface area contributed by atoms with E-state index in [9.17, 15) is 0 Å². The molecule has 1 aliphatic rings. The molecule has 1 aliphatic heterocycles. The summed E-state index contributed by atoms with van der Waals surface area (Å²) >= 11 is 0. The minimum absolute atomic E-state index is 0. The van der Waals surface area contributed by atoms with E-state index in [1.807, 2.05) is 32.0 Å². The van der Waals surface area contributed by atoms with Crippen LogP contribution in [0, 0.1) is 13.8 Å². The molecule has 1 aromatic carbocycles. The van der Waals surface area contributed by atoms with Crippen LogP contribution in [0.2, 0.25) is 0 Å². The highest BCUT2D eigenvalue weighted by atomic mass is 127. The summed E-state index contributed by atoms with van der Waals surface area (Å²) < 4.78 is 11.5. The highest BCUT2D eigenvalue weighted by Crippen LogP contribution is 2.27. The number of halogens is 1. The van der Waals surface area contributed by atoms with E-state index in [0.717, 1.165) is 48.3 Å². The van der Waals surface area contributed by atoms with Gasteiger partial charge in [-0.15, -0.1) is 24.0 Å². The molecule has 1 atom stereocenters. The molecule has 0 saturated heterocycles. The lowest BCUT2D eigenvalue weighted by Gasteiger charge is -2.15. The average molecular weight is 455 g/mol. The maximum absolute atomic E-state index is 5.96. The summed E-state index contributed by atoms with van der Waals surface area (Å²) in [5.74, 6) is 3.65. The van der Waals surface area contributed by atoms with Gasteiger partial charge in [0.25, 0.3) is 0 Å².